The first-order valence-electron chi connectivity index (χ1n) is 5.33. The van der Waals surface area contributed by atoms with Gasteiger partial charge in [0.05, 0.1) is 4.34 Å². The van der Waals surface area contributed by atoms with Gasteiger partial charge in [-0.25, -0.2) is 4.39 Å². The standard InChI is InChI=1S/C13H13ClFNS/c14-12-7-6-11(17-12)8-13(15,9-16)10-4-2-1-3-5-10/h1-7H,8-9,16H2. The van der Waals surface area contributed by atoms with Crippen molar-refractivity contribution in [3.63, 3.8) is 0 Å². The lowest BCUT2D eigenvalue weighted by molar-refractivity contribution is 0.176. The number of hydrogen-bond donors (Lipinski definition) is 1. The van der Waals surface area contributed by atoms with Crippen LogP contribution in [0.15, 0.2) is 42.5 Å². The van der Waals surface area contributed by atoms with E-state index in [0.29, 0.717) is 9.90 Å². The smallest absolute Gasteiger partial charge is 0.152 e. The Balaban J connectivity index is 2.26. The van der Waals surface area contributed by atoms with E-state index < -0.39 is 5.67 Å². The molecule has 1 aromatic heterocycles. The average Bonchev–Trinajstić information content (AvgIpc) is 2.75. The molecule has 0 saturated heterocycles. The summed E-state index contributed by atoms with van der Waals surface area (Å²) in [6.07, 6.45) is 0.269. The average molecular weight is 270 g/mol. The first kappa shape index (κ1) is 12.6. The maximum atomic E-state index is 14.8. The van der Waals surface area contributed by atoms with Crippen LogP contribution in [0.3, 0.4) is 0 Å². The Morgan fingerprint density at radius 3 is 2.41 bits per heavy atom. The highest BCUT2D eigenvalue weighted by atomic mass is 35.5. The van der Waals surface area contributed by atoms with Crippen LogP contribution >= 0.6 is 22.9 Å². The van der Waals surface area contributed by atoms with Crippen LogP contribution in [0.4, 0.5) is 4.39 Å². The Morgan fingerprint density at radius 2 is 1.88 bits per heavy atom. The molecule has 4 heteroatoms. The van der Waals surface area contributed by atoms with E-state index in [-0.39, 0.29) is 13.0 Å². The summed E-state index contributed by atoms with van der Waals surface area (Å²) in [6, 6.07) is 12.7. The van der Waals surface area contributed by atoms with Crippen molar-refractivity contribution in [2.45, 2.75) is 12.1 Å². The van der Waals surface area contributed by atoms with Gasteiger partial charge in [0.15, 0.2) is 5.67 Å². The van der Waals surface area contributed by atoms with Crippen molar-refractivity contribution < 1.29 is 4.39 Å². The van der Waals surface area contributed by atoms with Crippen molar-refractivity contribution in [2.24, 2.45) is 5.73 Å². The zero-order valence-electron chi connectivity index (χ0n) is 9.20. The Morgan fingerprint density at radius 1 is 1.18 bits per heavy atom. The van der Waals surface area contributed by atoms with Gasteiger partial charge in [-0.1, -0.05) is 41.9 Å². The molecule has 0 saturated carbocycles. The number of halogens is 2. The Labute approximate surface area is 109 Å². The van der Waals surface area contributed by atoms with Gasteiger partial charge < -0.3 is 5.73 Å². The SMILES string of the molecule is NCC(F)(Cc1ccc(Cl)s1)c1ccccc1. The summed E-state index contributed by atoms with van der Waals surface area (Å²) in [4.78, 5) is 0.909. The van der Waals surface area contributed by atoms with Gasteiger partial charge >= 0.3 is 0 Å². The van der Waals surface area contributed by atoms with Crippen molar-refractivity contribution in [3.05, 3.63) is 57.2 Å². The third-order valence-corrected chi connectivity index (χ3v) is 3.93. The van der Waals surface area contributed by atoms with Crippen LogP contribution in [0.1, 0.15) is 10.4 Å². The van der Waals surface area contributed by atoms with Gasteiger partial charge in [-0.3, -0.25) is 0 Å². The lowest BCUT2D eigenvalue weighted by Crippen LogP contribution is -2.32. The van der Waals surface area contributed by atoms with Crippen molar-refractivity contribution in [1.29, 1.82) is 0 Å². The number of hydrogen-bond acceptors (Lipinski definition) is 2. The Bertz CT molecular complexity index is 485. The van der Waals surface area contributed by atoms with Crippen molar-refractivity contribution in [1.82, 2.24) is 0 Å². The van der Waals surface area contributed by atoms with Crippen LogP contribution in [-0.4, -0.2) is 6.54 Å². The first-order chi connectivity index (χ1) is 8.14. The molecular formula is C13H13ClFNS. The predicted octanol–water partition coefficient (Wildman–Crippen LogP) is 3.77. The van der Waals surface area contributed by atoms with E-state index in [1.807, 2.05) is 24.3 Å². The molecule has 2 aromatic rings. The molecule has 90 valence electrons. The van der Waals surface area contributed by atoms with E-state index in [2.05, 4.69) is 0 Å². The third kappa shape index (κ3) is 2.86. The fraction of sp³-hybridized carbons (Fsp3) is 0.231. The molecule has 0 aliphatic heterocycles. The molecule has 1 atom stereocenters. The van der Waals surface area contributed by atoms with Crippen LogP contribution < -0.4 is 5.73 Å². The Hall–Kier alpha value is -0.900. The van der Waals surface area contributed by atoms with E-state index in [1.54, 1.807) is 18.2 Å². The second-order valence-electron chi connectivity index (χ2n) is 3.92. The quantitative estimate of drug-likeness (QED) is 0.898. The molecule has 0 fully saturated rings. The van der Waals surface area contributed by atoms with E-state index in [1.165, 1.54) is 11.3 Å². The summed E-state index contributed by atoms with van der Waals surface area (Å²) in [7, 11) is 0. The van der Waals surface area contributed by atoms with Gasteiger partial charge in [0.2, 0.25) is 0 Å². The number of alkyl halides is 1. The number of thiophene rings is 1. The van der Waals surface area contributed by atoms with E-state index in [9.17, 15) is 4.39 Å². The van der Waals surface area contributed by atoms with Crippen molar-refractivity contribution in [2.75, 3.05) is 6.54 Å². The number of rotatable bonds is 4. The van der Waals surface area contributed by atoms with E-state index in [4.69, 9.17) is 17.3 Å². The minimum absolute atomic E-state index is 0.0352. The first-order valence-corrected chi connectivity index (χ1v) is 6.52. The van der Waals surface area contributed by atoms with Crippen LogP contribution in [0.25, 0.3) is 0 Å². The maximum Gasteiger partial charge on any atom is 0.152 e. The molecule has 1 heterocycles. The summed E-state index contributed by atoms with van der Waals surface area (Å²) in [6.45, 7) is -0.0352. The largest absolute Gasteiger partial charge is 0.327 e. The predicted molar refractivity (Wildman–Crippen MR) is 71.3 cm³/mol. The molecule has 0 radical (unpaired) electrons. The Kier molecular flexibility index (Phi) is 3.82. The summed E-state index contributed by atoms with van der Waals surface area (Å²) < 4.78 is 15.5. The molecule has 0 aliphatic rings. The topological polar surface area (TPSA) is 26.0 Å². The van der Waals surface area contributed by atoms with E-state index >= 15 is 0 Å². The summed E-state index contributed by atoms with van der Waals surface area (Å²) >= 11 is 7.24. The van der Waals surface area contributed by atoms with Gasteiger partial charge in [-0.05, 0) is 17.7 Å². The van der Waals surface area contributed by atoms with Gasteiger partial charge in [-0.2, -0.15) is 0 Å². The lowest BCUT2D eigenvalue weighted by Gasteiger charge is -2.23. The molecule has 0 spiro atoms. The zero-order valence-corrected chi connectivity index (χ0v) is 10.8. The summed E-state index contributed by atoms with van der Waals surface area (Å²) in [5, 5.41) is 0. The normalized spacial score (nSPS) is 14.5. The molecule has 0 amide bonds. The molecule has 1 nitrogen and oxygen atoms in total. The summed E-state index contributed by atoms with van der Waals surface area (Å²) in [5.41, 5.74) is 4.69. The zero-order chi connectivity index (χ0) is 12.3. The van der Waals surface area contributed by atoms with Gasteiger partial charge in [0, 0.05) is 17.8 Å². The second kappa shape index (κ2) is 5.17. The van der Waals surface area contributed by atoms with Gasteiger partial charge in [0.1, 0.15) is 0 Å². The van der Waals surface area contributed by atoms with Gasteiger partial charge in [-0.15, -0.1) is 11.3 Å². The monoisotopic (exact) mass is 269 g/mol. The molecule has 2 N–H and O–H groups in total. The highest BCUT2D eigenvalue weighted by Crippen LogP contribution is 2.32. The fourth-order valence-corrected chi connectivity index (χ4v) is 2.94. The lowest BCUT2D eigenvalue weighted by atomic mass is 9.92. The van der Waals surface area contributed by atoms with E-state index in [0.717, 1.165) is 4.88 Å². The maximum absolute atomic E-state index is 14.8. The van der Waals surface area contributed by atoms with Crippen LogP contribution in [-0.2, 0) is 12.1 Å². The number of benzene rings is 1. The minimum atomic E-state index is -1.52. The molecule has 2 rings (SSSR count). The highest BCUT2D eigenvalue weighted by Gasteiger charge is 2.31. The molecular weight excluding hydrogens is 257 g/mol. The van der Waals surface area contributed by atoms with Gasteiger partial charge in [0.25, 0.3) is 0 Å². The van der Waals surface area contributed by atoms with Crippen LogP contribution in [0, 0.1) is 0 Å². The highest BCUT2D eigenvalue weighted by molar-refractivity contribution is 7.16. The number of nitrogens with two attached hydrogens (primary N) is 1. The molecule has 0 aliphatic carbocycles. The minimum Gasteiger partial charge on any atom is -0.327 e. The molecule has 0 bridgehead atoms. The van der Waals surface area contributed by atoms with Crippen LogP contribution in [0.5, 0.6) is 0 Å². The van der Waals surface area contributed by atoms with Crippen molar-refractivity contribution in [3.8, 4) is 0 Å². The molecule has 1 unspecified atom stereocenters. The second-order valence-corrected chi connectivity index (χ2v) is 5.72. The van der Waals surface area contributed by atoms with Crippen molar-refractivity contribution >= 4 is 22.9 Å². The summed E-state index contributed by atoms with van der Waals surface area (Å²) in [5.74, 6) is 0. The molecule has 17 heavy (non-hydrogen) atoms. The third-order valence-electron chi connectivity index (χ3n) is 2.70. The fourth-order valence-electron chi connectivity index (χ4n) is 1.75. The van der Waals surface area contributed by atoms with Crippen LogP contribution in [0.2, 0.25) is 4.34 Å². The molecule has 1 aromatic carbocycles.